The van der Waals surface area contributed by atoms with Crippen LogP contribution in [-0.4, -0.2) is 70.8 Å². The van der Waals surface area contributed by atoms with Crippen LogP contribution in [-0.2, 0) is 0 Å². The average molecular weight is 638 g/mol. The number of aromatic nitrogens is 3. The predicted octanol–water partition coefficient (Wildman–Crippen LogP) is 6.03. The van der Waals surface area contributed by atoms with Gasteiger partial charge in [-0.1, -0.05) is 48.0 Å². The van der Waals surface area contributed by atoms with Crippen LogP contribution < -0.4 is 29.4 Å². The molecule has 3 aliphatic rings. The molecule has 234 valence electrons. The van der Waals surface area contributed by atoms with Crippen molar-refractivity contribution in [2.75, 3.05) is 49.0 Å². The summed E-state index contributed by atoms with van der Waals surface area (Å²) >= 11 is 6.09. The zero-order valence-electron chi connectivity index (χ0n) is 25.6. The highest BCUT2D eigenvalue weighted by Crippen LogP contribution is 2.33. The Kier molecular flexibility index (Phi) is 7.44. The van der Waals surface area contributed by atoms with Crippen LogP contribution >= 0.6 is 11.6 Å². The van der Waals surface area contributed by atoms with Gasteiger partial charge in [0.15, 0.2) is 0 Å². The van der Waals surface area contributed by atoms with Crippen molar-refractivity contribution in [2.45, 2.75) is 38.9 Å². The standard InChI is InChI=1S/C33H32ClN9O3/c1-21-18-38(24-10-5-4-6-11-24)31(44)42(21)29-16-8-13-26(36-29)40-20-23(3)43(33(40)46)30-17-9-14-27(37-30)39-19-22(2)41(32(39)45)28-15-7-12-25(34)35-28/h4-17,21-23H,18-20H2,1-3H3/t21-,22-,23-/m0/s1. The third-order valence-electron chi connectivity index (χ3n) is 8.47. The molecule has 12 nitrogen and oxygen atoms in total. The number of carbonyl (C=O) groups excluding carboxylic acids is 3. The number of benzene rings is 1. The Morgan fingerprint density at radius 2 is 0.891 bits per heavy atom. The molecule has 3 atom stereocenters. The average Bonchev–Trinajstić information content (AvgIpc) is 3.65. The summed E-state index contributed by atoms with van der Waals surface area (Å²) < 4.78 is 0. The molecule has 0 unspecified atom stereocenters. The van der Waals surface area contributed by atoms with Gasteiger partial charge in [-0.05, 0) is 69.3 Å². The van der Waals surface area contributed by atoms with E-state index in [2.05, 4.69) is 4.98 Å². The number of urea groups is 3. The van der Waals surface area contributed by atoms with E-state index >= 15 is 0 Å². The highest BCUT2D eigenvalue weighted by Gasteiger charge is 2.42. The first-order valence-electron chi connectivity index (χ1n) is 15.1. The Morgan fingerprint density at radius 1 is 0.500 bits per heavy atom. The molecule has 0 N–H and O–H groups in total. The van der Waals surface area contributed by atoms with E-state index in [1.165, 1.54) is 0 Å². The van der Waals surface area contributed by atoms with Gasteiger partial charge in [-0.3, -0.25) is 29.4 Å². The second-order valence-corrected chi connectivity index (χ2v) is 12.1. The van der Waals surface area contributed by atoms with Crippen LogP contribution in [0.25, 0.3) is 0 Å². The number of pyridine rings is 3. The summed E-state index contributed by atoms with van der Waals surface area (Å²) in [5.41, 5.74) is 0.825. The fourth-order valence-electron chi connectivity index (χ4n) is 6.33. The summed E-state index contributed by atoms with van der Waals surface area (Å²) in [7, 11) is 0. The van der Waals surface area contributed by atoms with Gasteiger partial charge in [0, 0.05) is 25.3 Å². The lowest BCUT2D eigenvalue weighted by Crippen LogP contribution is -2.37. The Hall–Kier alpha value is -5.23. The molecular formula is C33H32ClN9O3. The maximum atomic E-state index is 13.9. The second-order valence-electron chi connectivity index (χ2n) is 11.7. The molecule has 3 fully saturated rings. The fraction of sp³-hybridized carbons (Fsp3) is 0.273. The number of anilines is 6. The molecule has 0 spiro atoms. The lowest BCUT2D eigenvalue weighted by Gasteiger charge is -2.23. The number of hydrogen-bond acceptors (Lipinski definition) is 6. The Bertz CT molecular complexity index is 1830. The van der Waals surface area contributed by atoms with Crippen molar-refractivity contribution in [3.05, 3.63) is 90.1 Å². The van der Waals surface area contributed by atoms with Crippen molar-refractivity contribution in [3.63, 3.8) is 0 Å². The highest BCUT2D eigenvalue weighted by molar-refractivity contribution is 6.29. The number of carbonyl (C=O) groups is 3. The molecule has 4 aromatic rings. The number of hydrogen-bond donors (Lipinski definition) is 0. The second kappa shape index (κ2) is 11.6. The van der Waals surface area contributed by atoms with Crippen molar-refractivity contribution in [2.24, 2.45) is 0 Å². The minimum atomic E-state index is -0.292. The SMILES string of the molecule is C[C@H]1CN(c2ccccc2)C(=O)N1c1cccc(N2C[C@H](C)N(c3cccc(N4C[C@H](C)N(c5cccc(Cl)n5)C4=O)n3)C2=O)n1. The van der Waals surface area contributed by atoms with Gasteiger partial charge >= 0.3 is 18.1 Å². The van der Waals surface area contributed by atoms with Gasteiger partial charge in [-0.15, -0.1) is 0 Å². The van der Waals surface area contributed by atoms with Crippen LogP contribution in [0, 0.1) is 0 Å². The van der Waals surface area contributed by atoms with Crippen LogP contribution in [0.15, 0.2) is 84.9 Å². The van der Waals surface area contributed by atoms with Gasteiger partial charge in [0.25, 0.3) is 0 Å². The van der Waals surface area contributed by atoms with E-state index in [0.29, 0.717) is 53.9 Å². The zero-order chi connectivity index (χ0) is 32.1. The van der Waals surface area contributed by atoms with Gasteiger partial charge in [-0.25, -0.2) is 29.3 Å². The molecule has 3 aromatic heterocycles. The van der Waals surface area contributed by atoms with Crippen molar-refractivity contribution < 1.29 is 14.4 Å². The third-order valence-corrected chi connectivity index (χ3v) is 8.69. The number of nitrogens with zero attached hydrogens (tertiary/aromatic N) is 9. The molecule has 3 saturated heterocycles. The van der Waals surface area contributed by atoms with Gasteiger partial charge in [0.2, 0.25) is 0 Å². The maximum Gasteiger partial charge on any atom is 0.331 e. The lowest BCUT2D eigenvalue weighted by atomic mass is 10.3. The number of halogens is 1. The van der Waals surface area contributed by atoms with Crippen LogP contribution in [0.5, 0.6) is 0 Å². The minimum absolute atomic E-state index is 0.117. The minimum Gasteiger partial charge on any atom is -0.292 e. The molecule has 6 amide bonds. The van der Waals surface area contributed by atoms with Gasteiger partial charge < -0.3 is 0 Å². The molecule has 6 heterocycles. The third kappa shape index (κ3) is 5.04. The Balaban J connectivity index is 1.11. The number of amides is 6. The van der Waals surface area contributed by atoms with Crippen LogP contribution in [0.1, 0.15) is 20.8 Å². The Morgan fingerprint density at radius 3 is 1.37 bits per heavy atom. The first-order valence-corrected chi connectivity index (χ1v) is 15.5. The lowest BCUT2D eigenvalue weighted by molar-refractivity contribution is 0.254. The van der Waals surface area contributed by atoms with Crippen LogP contribution in [0.2, 0.25) is 5.15 Å². The van der Waals surface area contributed by atoms with E-state index in [1.54, 1.807) is 77.9 Å². The Labute approximate surface area is 271 Å². The van der Waals surface area contributed by atoms with Crippen molar-refractivity contribution in [1.82, 2.24) is 15.0 Å². The molecule has 0 bridgehead atoms. The molecule has 13 heteroatoms. The van der Waals surface area contributed by atoms with E-state index < -0.39 is 0 Å². The summed E-state index contributed by atoms with van der Waals surface area (Å²) in [6.07, 6.45) is 0. The molecule has 3 aliphatic heterocycles. The van der Waals surface area contributed by atoms with Gasteiger partial charge in [0.05, 0.1) is 18.1 Å². The van der Waals surface area contributed by atoms with Crippen molar-refractivity contribution in [3.8, 4) is 0 Å². The predicted molar refractivity (Wildman–Crippen MR) is 178 cm³/mol. The van der Waals surface area contributed by atoms with Crippen molar-refractivity contribution >= 4 is 64.5 Å². The highest BCUT2D eigenvalue weighted by atomic mass is 35.5. The summed E-state index contributed by atoms with van der Waals surface area (Å²) in [4.78, 5) is 64.5. The quantitative estimate of drug-likeness (QED) is 0.239. The molecule has 0 saturated carbocycles. The van der Waals surface area contributed by atoms with Gasteiger partial charge in [0.1, 0.15) is 34.2 Å². The smallest absolute Gasteiger partial charge is 0.292 e. The molecule has 0 aliphatic carbocycles. The molecule has 0 radical (unpaired) electrons. The fourth-order valence-corrected chi connectivity index (χ4v) is 6.49. The normalized spacial score (nSPS) is 21.7. The maximum absolute atomic E-state index is 13.9. The van der Waals surface area contributed by atoms with E-state index in [4.69, 9.17) is 21.6 Å². The van der Waals surface area contributed by atoms with Crippen molar-refractivity contribution in [1.29, 1.82) is 0 Å². The topological polar surface area (TPSA) is 109 Å². The molecule has 7 rings (SSSR count). The summed E-state index contributed by atoms with van der Waals surface area (Å²) in [6, 6.07) is 24.1. The summed E-state index contributed by atoms with van der Waals surface area (Å²) in [5.74, 6) is 2.25. The van der Waals surface area contributed by atoms with Crippen LogP contribution in [0.4, 0.5) is 49.2 Å². The van der Waals surface area contributed by atoms with E-state index in [0.717, 1.165) is 5.69 Å². The monoisotopic (exact) mass is 637 g/mol. The van der Waals surface area contributed by atoms with Crippen LogP contribution in [0.3, 0.4) is 0 Å². The summed E-state index contributed by atoms with van der Waals surface area (Å²) in [6.45, 7) is 7.14. The van der Waals surface area contributed by atoms with E-state index in [9.17, 15) is 14.4 Å². The number of rotatable bonds is 6. The van der Waals surface area contributed by atoms with E-state index in [1.807, 2.05) is 57.2 Å². The van der Waals surface area contributed by atoms with Gasteiger partial charge in [-0.2, -0.15) is 0 Å². The molecule has 1 aromatic carbocycles. The molecule has 46 heavy (non-hydrogen) atoms. The zero-order valence-corrected chi connectivity index (χ0v) is 26.3. The first kappa shape index (κ1) is 29.5. The summed E-state index contributed by atoms with van der Waals surface area (Å²) in [5, 5.41) is 0.304. The first-order chi connectivity index (χ1) is 22.2. The number of para-hydroxylation sites is 1. The molecular weight excluding hydrogens is 606 g/mol. The van der Waals surface area contributed by atoms with E-state index in [-0.39, 0.29) is 36.2 Å². The largest absolute Gasteiger partial charge is 0.331 e.